The van der Waals surface area contributed by atoms with Crippen LogP contribution in [0.25, 0.3) is 0 Å². The summed E-state index contributed by atoms with van der Waals surface area (Å²) >= 11 is 3.31. The molecule has 1 aromatic carbocycles. The molecule has 0 bridgehead atoms. The van der Waals surface area contributed by atoms with E-state index in [0.29, 0.717) is 0 Å². The zero-order valence-corrected chi connectivity index (χ0v) is 8.41. The molecule has 0 amide bonds. The van der Waals surface area contributed by atoms with Gasteiger partial charge in [0.1, 0.15) is 17.6 Å². The Morgan fingerprint density at radius 1 is 1.42 bits per heavy atom. The molecule has 0 radical (unpaired) electrons. The van der Waals surface area contributed by atoms with Crippen LogP contribution in [0.15, 0.2) is 24.3 Å². The molecule has 12 heavy (non-hydrogen) atoms. The van der Waals surface area contributed by atoms with E-state index in [1.165, 1.54) is 0 Å². The van der Waals surface area contributed by atoms with Gasteiger partial charge in [0, 0.05) is 5.33 Å². The lowest BCUT2D eigenvalue weighted by atomic mass is 10.3. The molecule has 1 atom stereocenters. The molecule has 0 fully saturated rings. The molecule has 0 aromatic heterocycles. The summed E-state index contributed by atoms with van der Waals surface area (Å²) < 4.78 is 5.46. The number of hydrogen-bond donors (Lipinski definition) is 1. The third kappa shape index (κ3) is 2.74. The second kappa shape index (κ2) is 4.36. The first-order valence-corrected chi connectivity index (χ1v) is 4.86. The van der Waals surface area contributed by atoms with Crippen LogP contribution < -0.4 is 4.74 Å². The smallest absolute Gasteiger partial charge is 0.120 e. The van der Waals surface area contributed by atoms with E-state index in [0.717, 1.165) is 11.1 Å². The van der Waals surface area contributed by atoms with Gasteiger partial charge in [0.05, 0.1) is 0 Å². The number of phenols is 1. The largest absolute Gasteiger partial charge is 0.508 e. The molecule has 2 nitrogen and oxygen atoms in total. The first-order chi connectivity index (χ1) is 5.72. The maximum absolute atomic E-state index is 8.98. The van der Waals surface area contributed by atoms with Gasteiger partial charge < -0.3 is 9.84 Å². The Hall–Kier alpha value is -0.700. The molecule has 1 rings (SSSR count). The fourth-order valence-corrected chi connectivity index (χ4v) is 0.921. The molecule has 1 unspecified atom stereocenters. The number of rotatable bonds is 3. The lowest BCUT2D eigenvalue weighted by Crippen LogP contribution is -2.12. The van der Waals surface area contributed by atoms with E-state index in [1.54, 1.807) is 24.3 Å². The highest BCUT2D eigenvalue weighted by Gasteiger charge is 2.00. The van der Waals surface area contributed by atoms with Crippen molar-refractivity contribution in [3.8, 4) is 11.5 Å². The van der Waals surface area contributed by atoms with Crippen LogP contribution in [-0.2, 0) is 0 Å². The summed E-state index contributed by atoms with van der Waals surface area (Å²) in [6.07, 6.45) is 0.148. The number of hydrogen-bond acceptors (Lipinski definition) is 2. The first-order valence-electron chi connectivity index (χ1n) is 3.74. The second-order valence-corrected chi connectivity index (χ2v) is 3.22. The molecule has 1 N–H and O–H groups in total. The number of ether oxygens (including phenoxy) is 1. The molecule has 0 aliphatic rings. The highest BCUT2D eigenvalue weighted by molar-refractivity contribution is 9.09. The van der Waals surface area contributed by atoms with Crippen LogP contribution in [0.1, 0.15) is 6.92 Å². The minimum absolute atomic E-state index is 0.148. The molecule has 3 heteroatoms. The Kier molecular flexibility index (Phi) is 3.41. The van der Waals surface area contributed by atoms with Crippen molar-refractivity contribution in [2.24, 2.45) is 0 Å². The van der Waals surface area contributed by atoms with Crippen LogP contribution in [0.4, 0.5) is 0 Å². The minimum Gasteiger partial charge on any atom is -0.508 e. The fraction of sp³-hybridized carbons (Fsp3) is 0.333. The Bertz CT molecular complexity index is 233. The SMILES string of the molecule is CC(CBr)Oc1ccc(O)cc1. The van der Waals surface area contributed by atoms with Crippen LogP contribution >= 0.6 is 15.9 Å². The molecule has 0 saturated carbocycles. The molecule has 66 valence electrons. The molecular formula is C9H11BrO2. The maximum atomic E-state index is 8.98. The Morgan fingerprint density at radius 3 is 2.50 bits per heavy atom. The molecule has 1 aromatic rings. The summed E-state index contributed by atoms with van der Waals surface area (Å²) in [4.78, 5) is 0. The monoisotopic (exact) mass is 230 g/mol. The number of phenolic OH excluding ortho intramolecular Hbond substituents is 1. The summed E-state index contributed by atoms with van der Waals surface area (Å²) in [5.41, 5.74) is 0. The van der Waals surface area contributed by atoms with Crippen molar-refractivity contribution in [3.63, 3.8) is 0 Å². The van der Waals surface area contributed by atoms with Gasteiger partial charge in [0.25, 0.3) is 0 Å². The fourth-order valence-electron chi connectivity index (χ4n) is 0.789. The summed E-state index contributed by atoms with van der Waals surface area (Å²) in [5, 5.41) is 9.78. The van der Waals surface area contributed by atoms with Crippen LogP contribution in [0.2, 0.25) is 0 Å². The van der Waals surface area contributed by atoms with Gasteiger partial charge in [-0.2, -0.15) is 0 Å². The summed E-state index contributed by atoms with van der Waals surface area (Å²) in [5.74, 6) is 1.04. The first kappa shape index (κ1) is 9.39. The lowest BCUT2D eigenvalue weighted by molar-refractivity contribution is 0.248. The van der Waals surface area contributed by atoms with E-state index in [-0.39, 0.29) is 11.9 Å². The van der Waals surface area contributed by atoms with Gasteiger partial charge in [0.2, 0.25) is 0 Å². The van der Waals surface area contributed by atoms with Crippen molar-refractivity contribution in [3.05, 3.63) is 24.3 Å². The van der Waals surface area contributed by atoms with E-state index >= 15 is 0 Å². The predicted octanol–water partition coefficient (Wildman–Crippen LogP) is 2.55. The van der Waals surface area contributed by atoms with Gasteiger partial charge >= 0.3 is 0 Å². The van der Waals surface area contributed by atoms with Crippen molar-refractivity contribution >= 4 is 15.9 Å². The van der Waals surface area contributed by atoms with Crippen molar-refractivity contribution < 1.29 is 9.84 Å². The zero-order valence-electron chi connectivity index (χ0n) is 6.83. The molecular weight excluding hydrogens is 220 g/mol. The summed E-state index contributed by atoms with van der Waals surface area (Å²) in [7, 11) is 0. The van der Waals surface area contributed by atoms with E-state index in [1.807, 2.05) is 6.92 Å². The van der Waals surface area contributed by atoms with Crippen LogP contribution in [0.3, 0.4) is 0 Å². The van der Waals surface area contributed by atoms with Crippen molar-refractivity contribution in [2.75, 3.05) is 5.33 Å². The average molecular weight is 231 g/mol. The third-order valence-electron chi connectivity index (χ3n) is 1.39. The van der Waals surface area contributed by atoms with Crippen molar-refractivity contribution in [2.45, 2.75) is 13.0 Å². The van der Waals surface area contributed by atoms with E-state index in [9.17, 15) is 0 Å². The molecule has 0 aliphatic carbocycles. The normalized spacial score (nSPS) is 12.5. The number of benzene rings is 1. The number of halogens is 1. The molecule has 0 heterocycles. The Labute approximate surface area is 80.3 Å². The highest BCUT2D eigenvalue weighted by atomic mass is 79.9. The molecule has 0 aliphatic heterocycles. The minimum atomic E-state index is 0.148. The third-order valence-corrected chi connectivity index (χ3v) is 2.30. The maximum Gasteiger partial charge on any atom is 0.120 e. The predicted molar refractivity (Wildman–Crippen MR) is 52.0 cm³/mol. The van der Waals surface area contributed by atoms with Crippen molar-refractivity contribution in [1.82, 2.24) is 0 Å². The standard InChI is InChI=1S/C9H11BrO2/c1-7(6-10)12-9-4-2-8(11)3-5-9/h2-5,7,11H,6H2,1H3. The zero-order chi connectivity index (χ0) is 8.97. The van der Waals surface area contributed by atoms with Crippen LogP contribution in [-0.4, -0.2) is 16.5 Å². The average Bonchev–Trinajstić information content (AvgIpc) is 2.09. The summed E-state index contributed by atoms with van der Waals surface area (Å²) in [6, 6.07) is 6.70. The van der Waals surface area contributed by atoms with Crippen LogP contribution in [0.5, 0.6) is 11.5 Å². The van der Waals surface area contributed by atoms with Gasteiger partial charge in [-0.3, -0.25) is 0 Å². The van der Waals surface area contributed by atoms with Gasteiger partial charge in [-0.15, -0.1) is 0 Å². The summed E-state index contributed by atoms with van der Waals surface area (Å²) in [6.45, 7) is 1.97. The number of aromatic hydroxyl groups is 1. The van der Waals surface area contributed by atoms with Gasteiger partial charge in [-0.25, -0.2) is 0 Å². The topological polar surface area (TPSA) is 29.5 Å². The van der Waals surface area contributed by atoms with Crippen LogP contribution in [0, 0.1) is 0 Å². The van der Waals surface area contributed by atoms with E-state index in [2.05, 4.69) is 15.9 Å². The molecule has 0 spiro atoms. The second-order valence-electron chi connectivity index (χ2n) is 2.58. The van der Waals surface area contributed by atoms with Gasteiger partial charge in [-0.1, -0.05) is 15.9 Å². The van der Waals surface area contributed by atoms with E-state index in [4.69, 9.17) is 9.84 Å². The Morgan fingerprint density at radius 2 is 2.00 bits per heavy atom. The Balaban J connectivity index is 2.58. The van der Waals surface area contributed by atoms with Gasteiger partial charge in [-0.05, 0) is 31.2 Å². The van der Waals surface area contributed by atoms with Crippen molar-refractivity contribution in [1.29, 1.82) is 0 Å². The highest BCUT2D eigenvalue weighted by Crippen LogP contribution is 2.17. The molecule has 0 saturated heterocycles. The van der Waals surface area contributed by atoms with Gasteiger partial charge in [0.15, 0.2) is 0 Å². The van der Waals surface area contributed by atoms with E-state index < -0.39 is 0 Å². The lowest BCUT2D eigenvalue weighted by Gasteiger charge is -2.11. The number of alkyl halides is 1. The quantitative estimate of drug-likeness (QED) is 0.810.